The van der Waals surface area contributed by atoms with E-state index in [9.17, 15) is 9.59 Å². The largest absolute Gasteiger partial charge is 0.468 e. The van der Waals surface area contributed by atoms with Gasteiger partial charge in [0.05, 0.1) is 18.2 Å². The van der Waals surface area contributed by atoms with Gasteiger partial charge in [0.15, 0.2) is 0 Å². The van der Waals surface area contributed by atoms with Crippen LogP contribution in [0.4, 0.5) is 0 Å². The molecule has 6 heteroatoms. The Balaban J connectivity index is 1.54. The Bertz CT molecular complexity index is 768. The van der Waals surface area contributed by atoms with Crippen LogP contribution in [0.15, 0.2) is 47.1 Å². The number of likely N-dealkylation sites (N-methyl/N-ethyl adjacent to an activating group) is 1. The number of furan rings is 1. The number of aryl methyl sites for hydroxylation is 1. The van der Waals surface area contributed by atoms with Gasteiger partial charge in [0.2, 0.25) is 11.8 Å². The molecule has 2 amide bonds. The summed E-state index contributed by atoms with van der Waals surface area (Å²) >= 11 is 0. The maximum Gasteiger partial charge on any atom is 0.225 e. The summed E-state index contributed by atoms with van der Waals surface area (Å²) in [5.74, 6) is 0.463. The van der Waals surface area contributed by atoms with Crippen LogP contribution in [0.5, 0.6) is 0 Å². The summed E-state index contributed by atoms with van der Waals surface area (Å²) in [7, 11) is 3.89. The molecule has 1 aliphatic rings. The van der Waals surface area contributed by atoms with Crippen molar-refractivity contribution in [2.45, 2.75) is 25.9 Å². The van der Waals surface area contributed by atoms with Crippen molar-refractivity contribution in [1.82, 2.24) is 15.1 Å². The summed E-state index contributed by atoms with van der Waals surface area (Å²) < 4.78 is 5.47. The average molecular weight is 369 g/mol. The highest BCUT2D eigenvalue weighted by molar-refractivity contribution is 5.89. The zero-order valence-corrected chi connectivity index (χ0v) is 16.1. The molecule has 1 saturated heterocycles. The van der Waals surface area contributed by atoms with Crippen molar-refractivity contribution in [1.29, 1.82) is 0 Å². The second-order valence-corrected chi connectivity index (χ2v) is 7.40. The lowest BCUT2D eigenvalue weighted by Gasteiger charge is -2.23. The maximum atomic E-state index is 12.6. The summed E-state index contributed by atoms with van der Waals surface area (Å²) in [4.78, 5) is 28.7. The second kappa shape index (κ2) is 8.39. The minimum Gasteiger partial charge on any atom is -0.468 e. The number of rotatable bonds is 7. The van der Waals surface area contributed by atoms with Gasteiger partial charge in [0.25, 0.3) is 0 Å². The van der Waals surface area contributed by atoms with Crippen molar-refractivity contribution in [2.24, 2.45) is 5.92 Å². The van der Waals surface area contributed by atoms with Crippen LogP contribution in [0.25, 0.3) is 0 Å². The van der Waals surface area contributed by atoms with Crippen molar-refractivity contribution < 1.29 is 14.0 Å². The van der Waals surface area contributed by atoms with E-state index in [1.54, 1.807) is 11.2 Å². The molecule has 0 aliphatic carbocycles. The molecule has 6 nitrogen and oxygen atoms in total. The number of carbonyl (C=O) groups is 2. The predicted octanol–water partition coefficient (Wildman–Crippen LogP) is 2.36. The first-order valence-electron chi connectivity index (χ1n) is 9.25. The molecule has 2 heterocycles. The fourth-order valence-electron chi connectivity index (χ4n) is 3.37. The molecule has 0 bridgehead atoms. The van der Waals surface area contributed by atoms with Gasteiger partial charge in [-0.2, -0.15) is 0 Å². The fourth-order valence-corrected chi connectivity index (χ4v) is 3.37. The van der Waals surface area contributed by atoms with Crippen LogP contribution in [-0.2, 0) is 16.1 Å². The van der Waals surface area contributed by atoms with Gasteiger partial charge in [0, 0.05) is 26.1 Å². The van der Waals surface area contributed by atoms with E-state index in [2.05, 4.69) is 5.32 Å². The second-order valence-electron chi connectivity index (χ2n) is 7.40. The van der Waals surface area contributed by atoms with Crippen LogP contribution in [-0.4, -0.2) is 48.8 Å². The van der Waals surface area contributed by atoms with E-state index in [0.29, 0.717) is 19.6 Å². The van der Waals surface area contributed by atoms with Gasteiger partial charge < -0.3 is 14.6 Å². The van der Waals surface area contributed by atoms with E-state index in [-0.39, 0.29) is 30.2 Å². The highest BCUT2D eigenvalue weighted by Gasteiger charge is 2.34. The standard InChI is InChI=1S/C21H27N3O3/c1-15-6-8-16(9-7-15)13-24-14-17(11-20(24)25)21(26)22-12-18(23(2)3)19-5-4-10-27-19/h4-10,17-18H,11-14H2,1-3H3,(H,22,26)/t17-,18-/m1/s1. The van der Waals surface area contributed by atoms with Gasteiger partial charge in [0.1, 0.15) is 5.76 Å². The lowest BCUT2D eigenvalue weighted by Crippen LogP contribution is -2.38. The van der Waals surface area contributed by atoms with E-state index in [0.717, 1.165) is 11.3 Å². The Morgan fingerprint density at radius 2 is 2.04 bits per heavy atom. The Morgan fingerprint density at radius 3 is 2.67 bits per heavy atom. The number of amides is 2. The molecular formula is C21H27N3O3. The molecule has 1 N–H and O–H groups in total. The molecule has 0 unspecified atom stereocenters. The molecule has 1 aliphatic heterocycles. The number of likely N-dealkylation sites (tertiary alicyclic amines) is 1. The zero-order valence-electron chi connectivity index (χ0n) is 16.1. The third-order valence-corrected chi connectivity index (χ3v) is 5.04. The van der Waals surface area contributed by atoms with E-state index >= 15 is 0 Å². The average Bonchev–Trinajstić information content (AvgIpc) is 3.27. The predicted molar refractivity (Wildman–Crippen MR) is 103 cm³/mol. The van der Waals surface area contributed by atoms with Crippen LogP contribution in [0.3, 0.4) is 0 Å². The summed E-state index contributed by atoms with van der Waals surface area (Å²) in [6.45, 7) is 3.50. The smallest absolute Gasteiger partial charge is 0.225 e. The molecule has 0 saturated carbocycles. The molecular weight excluding hydrogens is 342 g/mol. The topological polar surface area (TPSA) is 65.8 Å². The van der Waals surface area contributed by atoms with Crippen LogP contribution >= 0.6 is 0 Å². The minimum absolute atomic E-state index is 0.0333. The summed E-state index contributed by atoms with van der Waals surface area (Å²) in [5, 5.41) is 2.99. The molecule has 1 aromatic carbocycles. The normalized spacial score (nSPS) is 18.1. The van der Waals surface area contributed by atoms with E-state index in [4.69, 9.17) is 4.42 Å². The Morgan fingerprint density at radius 1 is 1.30 bits per heavy atom. The van der Waals surface area contributed by atoms with Crippen molar-refractivity contribution >= 4 is 11.8 Å². The van der Waals surface area contributed by atoms with Gasteiger partial charge in [-0.05, 0) is 38.7 Å². The highest BCUT2D eigenvalue weighted by Crippen LogP contribution is 2.22. The van der Waals surface area contributed by atoms with Gasteiger partial charge in [-0.25, -0.2) is 0 Å². The van der Waals surface area contributed by atoms with E-state index in [1.165, 1.54) is 5.56 Å². The monoisotopic (exact) mass is 369 g/mol. The first kappa shape index (κ1) is 19.2. The molecule has 0 radical (unpaired) electrons. The third-order valence-electron chi connectivity index (χ3n) is 5.04. The number of hydrogen-bond acceptors (Lipinski definition) is 4. The van der Waals surface area contributed by atoms with Gasteiger partial charge in [-0.3, -0.25) is 14.5 Å². The van der Waals surface area contributed by atoms with Crippen LogP contribution in [0.1, 0.15) is 29.3 Å². The van der Waals surface area contributed by atoms with Gasteiger partial charge in [-0.1, -0.05) is 29.8 Å². The number of carbonyl (C=O) groups excluding carboxylic acids is 2. The number of nitrogens with zero attached hydrogens (tertiary/aromatic N) is 2. The highest BCUT2D eigenvalue weighted by atomic mass is 16.3. The molecule has 1 aromatic heterocycles. The quantitative estimate of drug-likeness (QED) is 0.814. The third kappa shape index (κ3) is 4.77. The van der Waals surface area contributed by atoms with Crippen molar-refractivity contribution in [3.8, 4) is 0 Å². The first-order valence-corrected chi connectivity index (χ1v) is 9.25. The number of nitrogens with one attached hydrogen (secondary N) is 1. The summed E-state index contributed by atoms with van der Waals surface area (Å²) in [5.41, 5.74) is 2.27. The lowest BCUT2D eigenvalue weighted by molar-refractivity contribution is -0.129. The van der Waals surface area contributed by atoms with Gasteiger partial charge >= 0.3 is 0 Å². The summed E-state index contributed by atoms with van der Waals surface area (Å²) in [6.07, 6.45) is 1.90. The summed E-state index contributed by atoms with van der Waals surface area (Å²) in [6, 6.07) is 11.8. The van der Waals surface area contributed by atoms with Crippen molar-refractivity contribution in [2.75, 3.05) is 27.2 Å². The van der Waals surface area contributed by atoms with Crippen LogP contribution in [0.2, 0.25) is 0 Å². The van der Waals surface area contributed by atoms with Crippen LogP contribution < -0.4 is 5.32 Å². The first-order chi connectivity index (χ1) is 12.9. The molecule has 144 valence electrons. The molecule has 0 spiro atoms. The van der Waals surface area contributed by atoms with E-state index in [1.807, 2.05) is 62.3 Å². The molecule has 2 aromatic rings. The number of hydrogen-bond donors (Lipinski definition) is 1. The Kier molecular flexibility index (Phi) is 5.96. The lowest BCUT2D eigenvalue weighted by atomic mass is 10.1. The minimum atomic E-state index is -0.303. The number of benzene rings is 1. The Labute approximate surface area is 160 Å². The molecule has 2 atom stereocenters. The zero-order chi connectivity index (χ0) is 19.4. The Hall–Kier alpha value is -2.60. The molecule has 1 fully saturated rings. The SMILES string of the molecule is Cc1ccc(CN2C[C@H](C(=O)NC[C@H](c3ccco3)N(C)C)CC2=O)cc1. The molecule has 3 rings (SSSR count). The maximum absolute atomic E-state index is 12.6. The van der Waals surface area contributed by atoms with Gasteiger partial charge in [-0.15, -0.1) is 0 Å². The van der Waals surface area contributed by atoms with Crippen molar-refractivity contribution in [3.63, 3.8) is 0 Å². The van der Waals surface area contributed by atoms with E-state index < -0.39 is 0 Å². The fraction of sp³-hybridized carbons (Fsp3) is 0.429. The van der Waals surface area contributed by atoms with Crippen molar-refractivity contribution in [3.05, 3.63) is 59.5 Å². The molecule has 27 heavy (non-hydrogen) atoms. The van der Waals surface area contributed by atoms with Crippen LogP contribution in [0, 0.1) is 12.8 Å².